The molecular weight excluding hydrogens is 284 g/mol. The lowest BCUT2D eigenvalue weighted by atomic mass is 10.2. The molecule has 0 radical (unpaired) electrons. The topological polar surface area (TPSA) is 38.3 Å². The third-order valence-electron chi connectivity index (χ3n) is 1.70. The van der Waals surface area contributed by atoms with Gasteiger partial charge in [-0.2, -0.15) is 8.78 Å². The van der Waals surface area contributed by atoms with Crippen molar-refractivity contribution in [3.05, 3.63) is 28.2 Å². The molecule has 0 aliphatic rings. The fourth-order valence-corrected chi connectivity index (χ4v) is 1.60. The highest BCUT2D eigenvalue weighted by molar-refractivity contribution is 9.10. The molecule has 0 heterocycles. The van der Waals surface area contributed by atoms with Crippen LogP contribution in [0.15, 0.2) is 22.7 Å². The number of alkyl halides is 2. The number of carbonyl (C=O) groups excluding carboxylic acids is 1. The second kappa shape index (κ2) is 5.79. The molecule has 1 N–H and O–H groups in total. The van der Waals surface area contributed by atoms with Crippen LogP contribution in [-0.4, -0.2) is 19.1 Å². The van der Waals surface area contributed by atoms with Crippen LogP contribution in [0.2, 0.25) is 0 Å². The lowest BCUT2D eigenvalue weighted by Gasteiger charge is -2.08. The predicted octanol–water partition coefficient (Wildman–Crippen LogP) is 2.80. The second-order valence-electron chi connectivity index (χ2n) is 2.91. The van der Waals surface area contributed by atoms with Crippen LogP contribution in [-0.2, 0) is 0 Å². The van der Waals surface area contributed by atoms with Crippen LogP contribution in [0.4, 0.5) is 8.78 Å². The summed E-state index contributed by atoms with van der Waals surface area (Å²) in [6.07, 6.45) is 0. The van der Waals surface area contributed by atoms with Gasteiger partial charge in [0.15, 0.2) is 0 Å². The van der Waals surface area contributed by atoms with E-state index in [0.29, 0.717) is 11.0 Å². The van der Waals surface area contributed by atoms with Crippen molar-refractivity contribution in [2.45, 2.75) is 13.5 Å². The molecule has 0 aromatic heterocycles. The molecule has 0 spiro atoms. The predicted molar refractivity (Wildman–Crippen MR) is 58.8 cm³/mol. The summed E-state index contributed by atoms with van der Waals surface area (Å²) in [6.45, 7) is -0.667. The minimum Gasteiger partial charge on any atom is -0.435 e. The quantitative estimate of drug-likeness (QED) is 0.927. The van der Waals surface area contributed by atoms with Gasteiger partial charge in [-0.1, -0.05) is 15.9 Å². The van der Waals surface area contributed by atoms with E-state index in [1.807, 2.05) is 0 Å². The molecule has 1 aromatic rings. The zero-order chi connectivity index (χ0) is 12.1. The van der Waals surface area contributed by atoms with Crippen LogP contribution < -0.4 is 10.1 Å². The van der Waals surface area contributed by atoms with Gasteiger partial charge in [-0.15, -0.1) is 0 Å². The Morgan fingerprint density at radius 2 is 2.19 bits per heavy atom. The molecule has 3 nitrogen and oxygen atoms in total. The molecule has 6 heteroatoms. The minimum absolute atomic E-state index is 0.0503. The molecule has 0 fully saturated rings. The number of halogens is 3. The summed E-state index contributed by atoms with van der Waals surface area (Å²) >= 11 is 3.12. The number of rotatable bonds is 4. The number of benzene rings is 1. The normalized spacial score (nSPS) is 10.3. The van der Waals surface area contributed by atoms with Crippen LogP contribution >= 0.6 is 15.9 Å². The van der Waals surface area contributed by atoms with Crippen molar-refractivity contribution in [2.75, 3.05) is 6.54 Å². The first-order chi connectivity index (χ1) is 7.52. The summed E-state index contributed by atoms with van der Waals surface area (Å²) in [4.78, 5) is 11.5. The molecule has 0 unspecified atom stereocenters. The third-order valence-corrected chi connectivity index (χ3v) is 2.15. The minimum atomic E-state index is -2.91. The van der Waals surface area contributed by atoms with Gasteiger partial charge in [0.1, 0.15) is 5.75 Å². The van der Waals surface area contributed by atoms with Crippen LogP contribution in [0.1, 0.15) is 17.3 Å². The van der Waals surface area contributed by atoms with Crippen molar-refractivity contribution < 1.29 is 18.3 Å². The van der Waals surface area contributed by atoms with Gasteiger partial charge in [0.25, 0.3) is 5.91 Å². The van der Waals surface area contributed by atoms with E-state index in [-0.39, 0.29) is 17.2 Å². The number of hydrogen-bond acceptors (Lipinski definition) is 2. The monoisotopic (exact) mass is 293 g/mol. The van der Waals surface area contributed by atoms with Crippen molar-refractivity contribution in [2.24, 2.45) is 0 Å². The van der Waals surface area contributed by atoms with E-state index >= 15 is 0 Å². The Hall–Kier alpha value is -1.17. The first-order valence-corrected chi connectivity index (χ1v) is 5.36. The van der Waals surface area contributed by atoms with Gasteiger partial charge in [0.05, 0.1) is 0 Å². The Morgan fingerprint density at radius 1 is 1.50 bits per heavy atom. The average molecular weight is 294 g/mol. The highest BCUT2D eigenvalue weighted by atomic mass is 79.9. The van der Waals surface area contributed by atoms with Gasteiger partial charge in [-0.25, -0.2) is 0 Å². The number of carbonyl (C=O) groups is 1. The zero-order valence-electron chi connectivity index (χ0n) is 8.47. The first kappa shape index (κ1) is 12.9. The summed E-state index contributed by atoms with van der Waals surface area (Å²) < 4.78 is 28.7. The largest absolute Gasteiger partial charge is 0.435 e. The molecule has 1 aromatic carbocycles. The van der Waals surface area contributed by atoms with Gasteiger partial charge in [-0.3, -0.25) is 4.79 Å². The van der Waals surface area contributed by atoms with Gasteiger partial charge in [-0.05, 0) is 25.1 Å². The van der Waals surface area contributed by atoms with E-state index in [1.165, 1.54) is 18.2 Å². The molecule has 1 rings (SSSR count). The van der Waals surface area contributed by atoms with Crippen LogP contribution in [0.25, 0.3) is 0 Å². The third kappa shape index (κ3) is 3.77. The number of amides is 1. The maximum Gasteiger partial charge on any atom is 0.387 e. The Labute approximate surface area is 99.9 Å². The average Bonchev–Trinajstić information content (AvgIpc) is 2.15. The van der Waals surface area contributed by atoms with E-state index in [4.69, 9.17) is 0 Å². The van der Waals surface area contributed by atoms with Crippen molar-refractivity contribution in [1.29, 1.82) is 0 Å². The zero-order valence-corrected chi connectivity index (χ0v) is 10.1. The van der Waals surface area contributed by atoms with Gasteiger partial charge in [0.2, 0.25) is 0 Å². The summed E-state index contributed by atoms with van der Waals surface area (Å²) in [7, 11) is 0. The molecular formula is C10H10BrF2NO2. The first-order valence-electron chi connectivity index (χ1n) is 4.56. The van der Waals surface area contributed by atoms with Crippen LogP contribution in [0, 0.1) is 0 Å². The van der Waals surface area contributed by atoms with E-state index in [0.717, 1.165) is 0 Å². The van der Waals surface area contributed by atoms with Gasteiger partial charge < -0.3 is 10.1 Å². The molecule has 88 valence electrons. The van der Waals surface area contributed by atoms with Gasteiger partial charge in [0, 0.05) is 16.6 Å². The molecule has 0 aliphatic carbocycles. The lowest BCUT2D eigenvalue weighted by Crippen LogP contribution is -2.22. The standard InChI is InChI=1S/C10H10BrF2NO2/c1-2-14-9(15)6-3-7(11)5-8(4-6)16-10(12)13/h3-5,10H,2H2,1H3,(H,14,15). The molecule has 0 bridgehead atoms. The molecule has 0 atom stereocenters. The summed E-state index contributed by atoms with van der Waals surface area (Å²) in [5, 5.41) is 2.57. The molecule has 16 heavy (non-hydrogen) atoms. The van der Waals surface area contributed by atoms with Crippen molar-refractivity contribution in [3.63, 3.8) is 0 Å². The highest BCUT2D eigenvalue weighted by Crippen LogP contribution is 2.22. The van der Waals surface area contributed by atoms with Crippen molar-refractivity contribution in [3.8, 4) is 5.75 Å². The fourth-order valence-electron chi connectivity index (χ4n) is 1.13. The van der Waals surface area contributed by atoms with E-state index < -0.39 is 6.61 Å². The number of nitrogens with one attached hydrogen (secondary N) is 1. The fraction of sp³-hybridized carbons (Fsp3) is 0.300. The number of hydrogen-bond donors (Lipinski definition) is 1. The van der Waals surface area contributed by atoms with E-state index in [1.54, 1.807) is 6.92 Å². The van der Waals surface area contributed by atoms with Crippen LogP contribution in [0.3, 0.4) is 0 Å². The van der Waals surface area contributed by atoms with Crippen molar-refractivity contribution >= 4 is 21.8 Å². The van der Waals surface area contributed by atoms with Crippen LogP contribution in [0.5, 0.6) is 5.75 Å². The number of ether oxygens (including phenoxy) is 1. The Morgan fingerprint density at radius 3 is 2.75 bits per heavy atom. The smallest absolute Gasteiger partial charge is 0.387 e. The molecule has 0 aliphatic heterocycles. The molecule has 0 saturated carbocycles. The Balaban J connectivity index is 2.93. The molecule has 0 saturated heterocycles. The maximum absolute atomic E-state index is 12.0. The van der Waals surface area contributed by atoms with Gasteiger partial charge >= 0.3 is 6.61 Å². The van der Waals surface area contributed by atoms with E-state index in [9.17, 15) is 13.6 Å². The van der Waals surface area contributed by atoms with Crippen molar-refractivity contribution in [1.82, 2.24) is 5.32 Å². The lowest BCUT2D eigenvalue weighted by molar-refractivity contribution is -0.0499. The second-order valence-corrected chi connectivity index (χ2v) is 3.83. The molecule has 1 amide bonds. The SMILES string of the molecule is CCNC(=O)c1cc(Br)cc(OC(F)F)c1. The summed E-state index contributed by atoms with van der Waals surface area (Å²) in [6, 6.07) is 4.17. The van der Waals surface area contributed by atoms with E-state index in [2.05, 4.69) is 26.0 Å². The highest BCUT2D eigenvalue weighted by Gasteiger charge is 2.10. The summed E-state index contributed by atoms with van der Waals surface area (Å²) in [5.41, 5.74) is 0.270. The summed E-state index contributed by atoms with van der Waals surface area (Å²) in [5.74, 6) is -0.381. The maximum atomic E-state index is 12.0. The Kier molecular flexibility index (Phi) is 4.67. The Bertz CT molecular complexity index is 385.